The van der Waals surface area contributed by atoms with Crippen molar-refractivity contribution >= 4 is 17.4 Å². The lowest BCUT2D eigenvalue weighted by Gasteiger charge is -2.27. The van der Waals surface area contributed by atoms with Crippen molar-refractivity contribution in [2.75, 3.05) is 29.9 Å². The lowest BCUT2D eigenvalue weighted by molar-refractivity contribution is -0.122. The molecule has 2 aromatic carbocycles. The molecule has 1 saturated heterocycles. The van der Waals surface area contributed by atoms with Crippen LogP contribution in [-0.2, 0) is 4.79 Å². The third-order valence-corrected chi connectivity index (χ3v) is 5.60. The Morgan fingerprint density at radius 1 is 0.939 bits per heavy atom. The van der Waals surface area contributed by atoms with Crippen molar-refractivity contribution in [3.8, 4) is 22.8 Å². The van der Waals surface area contributed by atoms with Gasteiger partial charge in [0, 0.05) is 24.3 Å². The number of ether oxygens (including phenoxy) is 2. The van der Waals surface area contributed by atoms with Gasteiger partial charge in [-0.1, -0.05) is 12.1 Å². The maximum Gasteiger partial charge on any atom is 0.265 e. The van der Waals surface area contributed by atoms with Gasteiger partial charge in [-0.3, -0.25) is 4.79 Å². The summed E-state index contributed by atoms with van der Waals surface area (Å²) in [6.07, 6.45) is 3.06. The molecular formula is C26H30N4O3. The van der Waals surface area contributed by atoms with Crippen molar-refractivity contribution in [3.05, 3.63) is 60.7 Å². The molecule has 1 aliphatic heterocycles. The maximum absolute atomic E-state index is 12.5. The van der Waals surface area contributed by atoms with E-state index in [1.54, 1.807) is 19.1 Å². The van der Waals surface area contributed by atoms with Gasteiger partial charge in [0.1, 0.15) is 11.5 Å². The quantitative estimate of drug-likeness (QED) is 0.528. The van der Waals surface area contributed by atoms with E-state index < -0.39 is 6.10 Å². The van der Waals surface area contributed by atoms with E-state index in [1.807, 2.05) is 55.5 Å². The van der Waals surface area contributed by atoms with Crippen molar-refractivity contribution in [2.45, 2.75) is 39.2 Å². The molecule has 0 spiro atoms. The highest BCUT2D eigenvalue weighted by Crippen LogP contribution is 2.23. The minimum Gasteiger partial charge on any atom is -0.494 e. The van der Waals surface area contributed by atoms with Crippen LogP contribution >= 0.6 is 0 Å². The van der Waals surface area contributed by atoms with Crippen LogP contribution in [-0.4, -0.2) is 41.9 Å². The van der Waals surface area contributed by atoms with Crippen molar-refractivity contribution in [1.82, 2.24) is 10.2 Å². The fourth-order valence-corrected chi connectivity index (χ4v) is 3.78. The van der Waals surface area contributed by atoms with Gasteiger partial charge in [0.15, 0.2) is 11.9 Å². The standard InChI is InChI=1S/C26H30N4O3/c1-3-32-22-11-13-23(14-12-22)33-19(2)26(31)27-21-9-7-20(8-10-21)24-15-16-25(29-28-24)30-17-5-4-6-18-30/h7-16,19H,3-6,17-18H2,1-2H3,(H,27,31). The molecule has 1 unspecified atom stereocenters. The van der Waals surface area contributed by atoms with E-state index in [9.17, 15) is 4.79 Å². The van der Waals surface area contributed by atoms with E-state index in [0.717, 1.165) is 35.9 Å². The molecule has 7 nitrogen and oxygen atoms in total. The average molecular weight is 447 g/mol. The summed E-state index contributed by atoms with van der Waals surface area (Å²) < 4.78 is 11.2. The van der Waals surface area contributed by atoms with Crippen LogP contribution in [0.5, 0.6) is 11.5 Å². The summed E-state index contributed by atoms with van der Waals surface area (Å²) in [6, 6.07) is 18.8. The van der Waals surface area contributed by atoms with Crippen LogP contribution in [0, 0.1) is 0 Å². The summed E-state index contributed by atoms with van der Waals surface area (Å²) in [4.78, 5) is 14.8. The monoisotopic (exact) mass is 446 g/mol. The number of carbonyl (C=O) groups excluding carboxylic acids is 1. The van der Waals surface area contributed by atoms with Crippen LogP contribution in [0.15, 0.2) is 60.7 Å². The lowest BCUT2D eigenvalue weighted by atomic mass is 10.1. The Hall–Kier alpha value is -3.61. The Bertz CT molecular complexity index is 1030. The van der Waals surface area contributed by atoms with Crippen LogP contribution in [0.3, 0.4) is 0 Å². The van der Waals surface area contributed by atoms with Gasteiger partial charge in [0.2, 0.25) is 0 Å². The summed E-state index contributed by atoms with van der Waals surface area (Å²) >= 11 is 0. The Morgan fingerprint density at radius 3 is 2.27 bits per heavy atom. The zero-order chi connectivity index (χ0) is 23.0. The molecule has 0 bridgehead atoms. The van der Waals surface area contributed by atoms with E-state index in [2.05, 4.69) is 20.4 Å². The Labute approximate surface area is 194 Å². The van der Waals surface area contributed by atoms with Crippen molar-refractivity contribution in [1.29, 1.82) is 0 Å². The molecule has 33 heavy (non-hydrogen) atoms. The lowest BCUT2D eigenvalue weighted by Crippen LogP contribution is -2.30. The average Bonchev–Trinajstić information content (AvgIpc) is 2.86. The number of nitrogens with zero attached hydrogens (tertiary/aromatic N) is 3. The molecule has 7 heteroatoms. The number of amides is 1. The van der Waals surface area contributed by atoms with Gasteiger partial charge >= 0.3 is 0 Å². The minimum atomic E-state index is -0.643. The molecule has 0 radical (unpaired) electrons. The molecule has 1 N–H and O–H groups in total. The number of nitrogens with one attached hydrogen (secondary N) is 1. The SMILES string of the molecule is CCOc1ccc(OC(C)C(=O)Nc2ccc(-c3ccc(N4CCCCC4)nn3)cc2)cc1. The second-order valence-corrected chi connectivity index (χ2v) is 8.06. The normalized spacial score (nSPS) is 14.4. The third-order valence-electron chi connectivity index (χ3n) is 5.60. The van der Waals surface area contributed by atoms with E-state index in [1.165, 1.54) is 19.3 Å². The fraction of sp³-hybridized carbons (Fsp3) is 0.346. The highest BCUT2D eigenvalue weighted by molar-refractivity contribution is 5.94. The van der Waals surface area contributed by atoms with Gasteiger partial charge < -0.3 is 19.7 Å². The molecule has 0 saturated carbocycles. The van der Waals surface area contributed by atoms with Gasteiger partial charge in [-0.25, -0.2) is 0 Å². The van der Waals surface area contributed by atoms with Crippen LogP contribution in [0.1, 0.15) is 33.1 Å². The Morgan fingerprint density at radius 2 is 1.64 bits per heavy atom. The molecule has 4 rings (SSSR count). The molecule has 1 atom stereocenters. The number of benzene rings is 2. The third kappa shape index (κ3) is 6.00. The molecule has 1 aliphatic rings. The molecule has 1 aromatic heterocycles. The predicted octanol–water partition coefficient (Wildman–Crippen LogP) is 4.94. The van der Waals surface area contributed by atoms with Crippen molar-refractivity contribution in [3.63, 3.8) is 0 Å². The largest absolute Gasteiger partial charge is 0.494 e. The van der Waals surface area contributed by atoms with Gasteiger partial charge in [-0.2, -0.15) is 0 Å². The number of anilines is 2. The topological polar surface area (TPSA) is 76.6 Å². The first-order valence-corrected chi connectivity index (χ1v) is 11.5. The smallest absolute Gasteiger partial charge is 0.265 e. The van der Waals surface area contributed by atoms with Crippen LogP contribution in [0.4, 0.5) is 11.5 Å². The number of carbonyl (C=O) groups is 1. The number of piperidine rings is 1. The van der Waals surface area contributed by atoms with Crippen LogP contribution < -0.4 is 19.7 Å². The molecule has 3 aromatic rings. The Kier molecular flexibility index (Phi) is 7.40. The maximum atomic E-state index is 12.5. The number of rotatable bonds is 8. The molecule has 0 aliphatic carbocycles. The molecule has 1 amide bonds. The number of hydrogen-bond acceptors (Lipinski definition) is 6. The number of hydrogen-bond donors (Lipinski definition) is 1. The van der Waals surface area contributed by atoms with Gasteiger partial charge in [-0.05, 0) is 81.6 Å². The summed E-state index contributed by atoms with van der Waals surface area (Å²) in [5.41, 5.74) is 2.45. The zero-order valence-electron chi connectivity index (χ0n) is 19.2. The van der Waals surface area contributed by atoms with Crippen LogP contribution in [0.25, 0.3) is 11.3 Å². The molecule has 172 valence electrons. The van der Waals surface area contributed by atoms with Gasteiger partial charge in [0.05, 0.1) is 12.3 Å². The highest BCUT2D eigenvalue weighted by Gasteiger charge is 2.16. The minimum absolute atomic E-state index is 0.220. The van der Waals surface area contributed by atoms with Crippen LogP contribution in [0.2, 0.25) is 0 Å². The van der Waals surface area contributed by atoms with E-state index in [4.69, 9.17) is 9.47 Å². The van der Waals surface area contributed by atoms with Crippen molar-refractivity contribution in [2.24, 2.45) is 0 Å². The van der Waals surface area contributed by atoms with E-state index in [0.29, 0.717) is 18.0 Å². The van der Waals surface area contributed by atoms with E-state index in [-0.39, 0.29) is 5.91 Å². The van der Waals surface area contributed by atoms with Gasteiger partial charge in [-0.15, -0.1) is 10.2 Å². The summed E-state index contributed by atoms with van der Waals surface area (Å²) in [5.74, 6) is 2.10. The predicted molar refractivity (Wildman–Crippen MR) is 130 cm³/mol. The second-order valence-electron chi connectivity index (χ2n) is 8.06. The van der Waals surface area contributed by atoms with Gasteiger partial charge in [0.25, 0.3) is 5.91 Å². The fourth-order valence-electron chi connectivity index (χ4n) is 3.78. The van der Waals surface area contributed by atoms with Crippen molar-refractivity contribution < 1.29 is 14.3 Å². The second kappa shape index (κ2) is 10.8. The summed E-state index contributed by atoms with van der Waals surface area (Å²) in [5, 5.41) is 11.7. The first-order valence-electron chi connectivity index (χ1n) is 11.5. The first-order chi connectivity index (χ1) is 16.1. The molecular weight excluding hydrogens is 416 g/mol. The summed E-state index contributed by atoms with van der Waals surface area (Å²) in [7, 11) is 0. The Balaban J connectivity index is 1.32. The molecule has 2 heterocycles. The number of aromatic nitrogens is 2. The highest BCUT2D eigenvalue weighted by atomic mass is 16.5. The zero-order valence-corrected chi connectivity index (χ0v) is 19.2. The summed E-state index contributed by atoms with van der Waals surface area (Å²) in [6.45, 7) is 6.35. The molecule has 1 fully saturated rings. The van der Waals surface area contributed by atoms with E-state index >= 15 is 0 Å². The first kappa shape index (κ1) is 22.6.